The second-order valence-corrected chi connectivity index (χ2v) is 4.86. The molecule has 2 aromatic rings. The number of likely N-dealkylation sites (N-methyl/N-ethyl adjacent to an activating group) is 1. The minimum Gasteiger partial charge on any atom is -0.508 e. The molecule has 2 N–H and O–H groups in total. The molecule has 1 amide bonds. The predicted molar refractivity (Wildman–Crippen MR) is 93.6 cm³/mol. The van der Waals surface area contributed by atoms with Gasteiger partial charge in [0.05, 0.1) is 4.92 Å². The lowest BCUT2D eigenvalue weighted by Crippen LogP contribution is -2.31. The summed E-state index contributed by atoms with van der Waals surface area (Å²) in [6, 6.07) is 9.65. The number of ether oxygens (including phenoxy) is 1. The molecule has 0 fully saturated rings. The zero-order valence-electron chi connectivity index (χ0n) is 14.2. The Labute approximate surface area is 149 Å². The monoisotopic (exact) mass is 362 g/mol. The van der Waals surface area contributed by atoms with E-state index >= 15 is 0 Å². The van der Waals surface area contributed by atoms with Crippen molar-refractivity contribution >= 4 is 23.6 Å². The van der Waals surface area contributed by atoms with E-state index in [0.717, 1.165) is 24.1 Å². The summed E-state index contributed by atoms with van der Waals surface area (Å²) in [6.07, 6.45) is 0.650. The van der Waals surface area contributed by atoms with E-state index in [-0.39, 0.29) is 23.7 Å². The van der Waals surface area contributed by atoms with Crippen molar-refractivity contribution in [3.8, 4) is 11.5 Å². The number of aldehydes is 1. The number of benzene rings is 2. The third-order valence-corrected chi connectivity index (χ3v) is 3.25. The number of amides is 1. The van der Waals surface area contributed by atoms with Gasteiger partial charge in [0, 0.05) is 31.9 Å². The minimum atomic E-state index is -0.646. The Kier molecular flexibility index (Phi) is 7.71. The molecule has 0 unspecified atom stereocenters. The molecule has 0 aliphatic heterocycles. The summed E-state index contributed by atoms with van der Waals surface area (Å²) in [6.45, 7) is -0.383. The summed E-state index contributed by atoms with van der Waals surface area (Å²) in [7, 11) is 2.34. The Morgan fingerprint density at radius 1 is 1.27 bits per heavy atom. The first-order chi connectivity index (χ1) is 12.4. The summed E-state index contributed by atoms with van der Waals surface area (Å²) in [5.41, 5.74) is 0.0405. The molecule has 0 saturated carbocycles. The molecule has 0 saturated heterocycles. The number of phenolic OH excluding ortho intramolecular Hbond substituents is 1. The molecule has 0 heterocycles. The molecule has 0 radical (unpaired) electrons. The average Bonchev–Trinajstić information content (AvgIpc) is 2.66. The van der Waals surface area contributed by atoms with Gasteiger partial charge in [-0.2, -0.15) is 0 Å². The second-order valence-electron chi connectivity index (χ2n) is 4.86. The van der Waals surface area contributed by atoms with Crippen LogP contribution in [0.15, 0.2) is 42.5 Å². The molecular weight excluding hydrogens is 344 g/mol. The van der Waals surface area contributed by atoms with Gasteiger partial charge in [0.25, 0.3) is 11.6 Å². The Morgan fingerprint density at radius 3 is 2.58 bits per heavy atom. The van der Waals surface area contributed by atoms with E-state index in [4.69, 9.17) is 9.84 Å². The first-order valence-corrected chi connectivity index (χ1v) is 7.29. The number of aromatic hydroxyl groups is 1. The molecule has 138 valence electrons. The van der Waals surface area contributed by atoms with Crippen LogP contribution in [0.4, 0.5) is 11.4 Å². The van der Waals surface area contributed by atoms with E-state index in [1.54, 1.807) is 18.2 Å². The highest BCUT2D eigenvalue weighted by molar-refractivity contribution is 5.96. The third kappa shape index (κ3) is 5.28. The van der Waals surface area contributed by atoms with Gasteiger partial charge >= 0.3 is 0 Å². The third-order valence-electron chi connectivity index (χ3n) is 3.25. The smallest absolute Gasteiger partial charge is 0.293 e. The molecular formula is C17H18N2O7. The van der Waals surface area contributed by atoms with E-state index in [0.29, 0.717) is 17.6 Å². The first kappa shape index (κ1) is 20.6. The molecule has 0 atom stereocenters. The van der Waals surface area contributed by atoms with Crippen LogP contribution < -0.4 is 9.64 Å². The zero-order valence-corrected chi connectivity index (χ0v) is 14.2. The lowest BCUT2D eigenvalue weighted by molar-refractivity contribution is -0.384. The van der Waals surface area contributed by atoms with Gasteiger partial charge in [-0.05, 0) is 18.2 Å². The number of rotatable bonds is 6. The Bertz CT molecular complexity index is 792. The molecule has 0 aliphatic rings. The van der Waals surface area contributed by atoms with Gasteiger partial charge in [-0.1, -0.05) is 12.1 Å². The number of nitrogens with zero attached hydrogens (tertiary/aromatic N) is 2. The lowest BCUT2D eigenvalue weighted by atomic mass is 10.2. The van der Waals surface area contributed by atoms with Crippen molar-refractivity contribution in [3.05, 3.63) is 58.1 Å². The fourth-order valence-corrected chi connectivity index (χ4v) is 1.99. The highest BCUT2D eigenvalue weighted by Gasteiger charge is 2.22. The largest absolute Gasteiger partial charge is 0.508 e. The van der Waals surface area contributed by atoms with Crippen molar-refractivity contribution in [2.75, 3.05) is 25.7 Å². The summed E-state index contributed by atoms with van der Waals surface area (Å²) in [5, 5.41) is 27.5. The standard InChI is InChI=1S/C16H14N2O6.CH4O/c1-17(15-8-12(20)5-6-14(15)18(22)23)16(21)10-24-13-4-2-3-11(7-13)9-19;1-2/h2-9,20H,10H2,1H3;2H,1H3. The van der Waals surface area contributed by atoms with E-state index < -0.39 is 10.8 Å². The Hall–Kier alpha value is -3.46. The molecule has 9 heteroatoms. The van der Waals surface area contributed by atoms with Crippen LogP contribution in [0.5, 0.6) is 11.5 Å². The maximum atomic E-state index is 12.2. The van der Waals surface area contributed by atoms with Gasteiger partial charge in [0.15, 0.2) is 6.61 Å². The SMILES string of the molecule is CN(C(=O)COc1cccc(C=O)c1)c1cc(O)ccc1[N+](=O)[O-].CO. The quantitative estimate of drug-likeness (QED) is 0.455. The van der Waals surface area contributed by atoms with E-state index in [1.165, 1.54) is 19.2 Å². The summed E-state index contributed by atoms with van der Waals surface area (Å²) >= 11 is 0. The zero-order chi connectivity index (χ0) is 19.7. The molecule has 9 nitrogen and oxygen atoms in total. The average molecular weight is 362 g/mol. The predicted octanol–water partition coefficient (Wildman–Crippen LogP) is 1.76. The number of nitro groups is 1. The van der Waals surface area contributed by atoms with Crippen LogP contribution in [0.2, 0.25) is 0 Å². The van der Waals surface area contributed by atoms with E-state index in [2.05, 4.69) is 0 Å². The lowest BCUT2D eigenvalue weighted by Gasteiger charge is -2.17. The fourth-order valence-electron chi connectivity index (χ4n) is 1.99. The van der Waals surface area contributed by atoms with Crippen molar-refractivity contribution in [2.45, 2.75) is 0 Å². The van der Waals surface area contributed by atoms with Gasteiger partial charge in [-0.25, -0.2) is 0 Å². The molecule has 0 aromatic heterocycles. The Morgan fingerprint density at radius 2 is 1.96 bits per heavy atom. The number of carbonyl (C=O) groups is 2. The summed E-state index contributed by atoms with van der Waals surface area (Å²) in [5.74, 6) is -0.429. The summed E-state index contributed by atoms with van der Waals surface area (Å²) in [4.78, 5) is 34.3. The van der Waals surface area contributed by atoms with Crippen molar-refractivity contribution in [2.24, 2.45) is 0 Å². The number of carbonyl (C=O) groups excluding carboxylic acids is 2. The molecule has 2 aromatic carbocycles. The molecule has 0 spiro atoms. The van der Waals surface area contributed by atoms with Gasteiger partial charge < -0.3 is 19.8 Å². The number of anilines is 1. The van der Waals surface area contributed by atoms with Crippen LogP contribution in [0.3, 0.4) is 0 Å². The van der Waals surface area contributed by atoms with Gasteiger partial charge in [0.1, 0.15) is 23.5 Å². The maximum absolute atomic E-state index is 12.2. The normalized spacial score (nSPS) is 9.50. The van der Waals surface area contributed by atoms with Crippen molar-refractivity contribution in [3.63, 3.8) is 0 Å². The van der Waals surface area contributed by atoms with Gasteiger partial charge in [-0.3, -0.25) is 19.7 Å². The van der Waals surface area contributed by atoms with E-state index in [9.17, 15) is 24.8 Å². The molecule has 26 heavy (non-hydrogen) atoms. The van der Waals surface area contributed by atoms with Crippen LogP contribution in [-0.4, -0.2) is 48.1 Å². The van der Waals surface area contributed by atoms with Crippen LogP contribution in [0, 0.1) is 10.1 Å². The fraction of sp³-hybridized carbons (Fsp3) is 0.176. The van der Waals surface area contributed by atoms with Crippen LogP contribution >= 0.6 is 0 Å². The number of nitro benzene ring substituents is 1. The van der Waals surface area contributed by atoms with Crippen molar-refractivity contribution in [1.82, 2.24) is 0 Å². The number of aliphatic hydroxyl groups is 1. The maximum Gasteiger partial charge on any atom is 0.293 e. The van der Waals surface area contributed by atoms with Crippen LogP contribution in [-0.2, 0) is 4.79 Å². The number of phenols is 1. The number of aliphatic hydroxyl groups excluding tert-OH is 1. The van der Waals surface area contributed by atoms with Gasteiger partial charge in [-0.15, -0.1) is 0 Å². The number of hydrogen-bond donors (Lipinski definition) is 2. The van der Waals surface area contributed by atoms with Gasteiger partial charge in [0.2, 0.25) is 0 Å². The van der Waals surface area contributed by atoms with Crippen LogP contribution in [0.25, 0.3) is 0 Å². The van der Waals surface area contributed by atoms with Crippen LogP contribution in [0.1, 0.15) is 10.4 Å². The molecule has 0 aliphatic carbocycles. The Balaban J connectivity index is 0.00000163. The first-order valence-electron chi connectivity index (χ1n) is 7.29. The highest BCUT2D eigenvalue weighted by Crippen LogP contribution is 2.31. The van der Waals surface area contributed by atoms with Crippen molar-refractivity contribution in [1.29, 1.82) is 0 Å². The van der Waals surface area contributed by atoms with Crippen molar-refractivity contribution < 1.29 is 29.5 Å². The molecule has 0 bridgehead atoms. The summed E-state index contributed by atoms with van der Waals surface area (Å²) < 4.78 is 5.30. The van der Waals surface area contributed by atoms with E-state index in [1.807, 2.05) is 0 Å². The topological polar surface area (TPSA) is 130 Å². The number of hydrogen-bond acceptors (Lipinski definition) is 7. The minimum absolute atomic E-state index is 0.0461. The highest BCUT2D eigenvalue weighted by atomic mass is 16.6. The second kappa shape index (κ2) is 9.74. The molecule has 2 rings (SSSR count).